The summed E-state index contributed by atoms with van der Waals surface area (Å²) in [6, 6.07) is 5.64. The molecule has 1 aliphatic carbocycles. The molecule has 1 aromatic carbocycles. The van der Waals surface area contributed by atoms with E-state index in [1.54, 1.807) is 13.0 Å². The average Bonchev–Trinajstić information content (AvgIpc) is 2.73. The first-order chi connectivity index (χ1) is 5.68. The third-order valence-corrected chi connectivity index (χ3v) is 2.46. The average molecular weight is 165 g/mol. The Morgan fingerprint density at radius 3 is 2.67 bits per heavy atom. The highest BCUT2D eigenvalue weighted by Crippen LogP contribution is 2.39. The summed E-state index contributed by atoms with van der Waals surface area (Å²) in [6.45, 7) is 1.77. The fourth-order valence-corrected chi connectivity index (χ4v) is 1.44. The first-order valence-electron chi connectivity index (χ1n) is 4.20. The fourth-order valence-electron chi connectivity index (χ4n) is 1.44. The monoisotopic (exact) mass is 165 g/mol. The van der Waals surface area contributed by atoms with Gasteiger partial charge < -0.3 is 5.73 Å². The van der Waals surface area contributed by atoms with Crippen LogP contribution in [0.5, 0.6) is 0 Å². The molecule has 1 saturated carbocycles. The van der Waals surface area contributed by atoms with Crippen LogP contribution in [0, 0.1) is 12.7 Å². The molecule has 2 N–H and O–H groups in total. The van der Waals surface area contributed by atoms with Gasteiger partial charge in [0.1, 0.15) is 5.82 Å². The van der Waals surface area contributed by atoms with Gasteiger partial charge in [0.2, 0.25) is 0 Å². The molecule has 0 radical (unpaired) electrons. The topological polar surface area (TPSA) is 26.0 Å². The number of benzene rings is 1. The van der Waals surface area contributed by atoms with E-state index >= 15 is 0 Å². The summed E-state index contributed by atoms with van der Waals surface area (Å²) in [5, 5.41) is 0. The molecule has 0 aliphatic heterocycles. The van der Waals surface area contributed by atoms with Gasteiger partial charge in [-0.05, 0) is 30.5 Å². The molecular formula is C10H12FN. The summed E-state index contributed by atoms with van der Waals surface area (Å²) < 4.78 is 13.1. The van der Waals surface area contributed by atoms with E-state index in [0.29, 0.717) is 11.5 Å². The third-order valence-electron chi connectivity index (χ3n) is 2.46. The molecule has 2 heteroatoms. The zero-order chi connectivity index (χ0) is 8.72. The molecule has 2 rings (SSSR count). The minimum absolute atomic E-state index is 0.119. The van der Waals surface area contributed by atoms with Crippen LogP contribution in [0.1, 0.15) is 23.5 Å². The van der Waals surface area contributed by atoms with Crippen molar-refractivity contribution in [1.82, 2.24) is 0 Å². The first-order valence-corrected chi connectivity index (χ1v) is 4.20. The highest BCUT2D eigenvalue weighted by atomic mass is 19.1. The number of hydrogen-bond donors (Lipinski definition) is 1. The highest BCUT2D eigenvalue weighted by molar-refractivity contribution is 5.31. The van der Waals surface area contributed by atoms with Crippen LogP contribution in [-0.4, -0.2) is 6.04 Å². The molecule has 0 aromatic heterocycles. The van der Waals surface area contributed by atoms with E-state index in [2.05, 4.69) is 0 Å². The minimum Gasteiger partial charge on any atom is -0.327 e. The Bertz CT molecular complexity index is 309. The van der Waals surface area contributed by atoms with Gasteiger partial charge in [-0.2, -0.15) is 0 Å². The molecule has 0 amide bonds. The number of rotatable bonds is 1. The van der Waals surface area contributed by atoms with Crippen molar-refractivity contribution in [3.05, 3.63) is 35.1 Å². The van der Waals surface area contributed by atoms with E-state index in [0.717, 1.165) is 12.0 Å². The van der Waals surface area contributed by atoms with Crippen molar-refractivity contribution < 1.29 is 4.39 Å². The van der Waals surface area contributed by atoms with Gasteiger partial charge in [0.05, 0.1) is 0 Å². The second-order valence-corrected chi connectivity index (χ2v) is 3.51. The maximum absolute atomic E-state index is 13.1. The van der Waals surface area contributed by atoms with Gasteiger partial charge in [-0.15, -0.1) is 0 Å². The maximum Gasteiger partial charge on any atom is 0.126 e. The molecule has 1 aliphatic rings. The van der Waals surface area contributed by atoms with Gasteiger partial charge in [-0.25, -0.2) is 4.39 Å². The van der Waals surface area contributed by atoms with E-state index in [1.165, 1.54) is 0 Å². The highest BCUT2D eigenvalue weighted by Gasteiger charge is 2.34. The molecule has 0 spiro atoms. The van der Waals surface area contributed by atoms with Gasteiger partial charge in [-0.3, -0.25) is 0 Å². The van der Waals surface area contributed by atoms with Gasteiger partial charge >= 0.3 is 0 Å². The van der Waals surface area contributed by atoms with Crippen molar-refractivity contribution in [3.8, 4) is 0 Å². The number of nitrogens with two attached hydrogens (primary N) is 1. The molecule has 2 atom stereocenters. The molecule has 0 saturated heterocycles. The first kappa shape index (κ1) is 7.74. The minimum atomic E-state index is -0.119. The van der Waals surface area contributed by atoms with Gasteiger partial charge in [-0.1, -0.05) is 12.1 Å². The summed E-state index contributed by atoms with van der Waals surface area (Å²) in [6.07, 6.45) is 1.00. The van der Waals surface area contributed by atoms with E-state index < -0.39 is 0 Å². The lowest BCUT2D eigenvalue weighted by Gasteiger charge is -2.00. The lowest BCUT2D eigenvalue weighted by atomic mass is 10.1. The predicted molar refractivity (Wildman–Crippen MR) is 46.5 cm³/mol. The Morgan fingerprint density at radius 1 is 1.50 bits per heavy atom. The van der Waals surface area contributed by atoms with Gasteiger partial charge in [0, 0.05) is 12.0 Å². The Kier molecular flexibility index (Phi) is 1.65. The maximum atomic E-state index is 13.1. The standard InChI is InChI=1S/C10H12FN/c1-6-2-3-7(4-9(6)11)8-5-10(8)12/h2-4,8,10H,5,12H2,1H3. The van der Waals surface area contributed by atoms with E-state index in [-0.39, 0.29) is 11.9 Å². The third kappa shape index (κ3) is 1.23. The van der Waals surface area contributed by atoms with Crippen LogP contribution < -0.4 is 5.73 Å². The quantitative estimate of drug-likeness (QED) is 0.676. The Balaban J connectivity index is 2.29. The fraction of sp³-hybridized carbons (Fsp3) is 0.400. The molecule has 1 nitrogen and oxygen atoms in total. The predicted octanol–water partition coefficient (Wildman–Crippen LogP) is 1.95. The van der Waals surface area contributed by atoms with Crippen LogP contribution in [0.4, 0.5) is 4.39 Å². The van der Waals surface area contributed by atoms with Crippen LogP contribution >= 0.6 is 0 Å². The SMILES string of the molecule is Cc1ccc(C2CC2N)cc1F. The van der Waals surface area contributed by atoms with Gasteiger partial charge in [0.25, 0.3) is 0 Å². The normalized spacial score (nSPS) is 27.2. The Hall–Kier alpha value is -0.890. The zero-order valence-corrected chi connectivity index (χ0v) is 7.05. The summed E-state index contributed by atoms with van der Waals surface area (Å²) in [5.74, 6) is 0.284. The van der Waals surface area contributed by atoms with Crippen molar-refractivity contribution in [2.24, 2.45) is 5.73 Å². The molecule has 1 aromatic rings. The molecular weight excluding hydrogens is 153 g/mol. The van der Waals surface area contributed by atoms with Crippen LogP contribution in [0.15, 0.2) is 18.2 Å². The second-order valence-electron chi connectivity index (χ2n) is 3.51. The summed E-state index contributed by atoms with van der Waals surface area (Å²) in [4.78, 5) is 0. The Labute approximate surface area is 71.4 Å². The van der Waals surface area contributed by atoms with Crippen molar-refractivity contribution in [2.75, 3.05) is 0 Å². The van der Waals surface area contributed by atoms with Gasteiger partial charge in [0.15, 0.2) is 0 Å². The van der Waals surface area contributed by atoms with Crippen LogP contribution in [0.25, 0.3) is 0 Å². The summed E-state index contributed by atoms with van der Waals surface area (Å²) in [7, 11) is 0. The molecule has 0 bridgehead atoms. The lowest BCUT2D eigenvalue weighted by Crippen LogP contribution is -2.01. The number of halogens is 1. The lowest BCUT2D eigenvalue weighted by molar-refractivity contribution is 0.616. The smallest absolute Gasteiger partial charge is 0.126 e. The van der Waals surface area contributed by atoms with Crippen molar-refractivity contribution in [1.29, 1.82) is 0 Å². The van der Waals surface area contributed by atoms with Crippen LogP contribution in [0.2, 0.25) is 0 Å². The second kappa shape index (κ2) is 2.56. The van der Waals surface area contributed by atoms with E-state index in [1.807, 2.05) is 12.1 Å². The number of aryl methyl sites for hydroxylation is 1. The molecule has 0 heterocycles. The van der Waals surface area contributed by atoms with E-state index in [4.69, 9.17) is 5.73 Å². The van der Waals surface area contributed by atoms with Crippen molar-refractivity contribution in [3.63, 3.8) is 0 Å². The zero-order valence-electron chi connectivity index (χ0n) is 7.05. The summed E-state index contributed by atoms with van der Waals surface area (Å²) in [5.41, 5.74) is 7.41. The van der Waals surface area contributed by atoms with Crippen molar-refractivity contribution in [2.45, 2.75) is 25.3 Å². The molecule has 1 fully saturated rings. The molecule has 12 heavy (non-hydrogen) atoms. The largest absolute Gasteiger partial charge is 0.327 e. The van der Waals surface area contributed by atoms with Crippen LogP contribution in [-0.2, 0) is 0 Å². The van der Waals surface area contributed by atoms with E-state index in [9.17, 15) is 4.39 Å². The Morgan fingerprint density at radius 2 is 2.17 bits per heavy atom. The molecule has 64 valence electrons. The van der Waals surface area contributed by atoms with Crippen molar-refractivity contribution >= 4 is 0 Å². The summed E-state index contributed by atoms with van der Waals surface area (Å²) >= 11 is 0. The molecule has 2 unspecified atom stereocenters. The van der Waals surface area contributed by atoms with Crippen LogP contribution in [0.3, 0.4) is 0 Å². The number of hydrogen-bond acceptors (Lipinski definition) is 1.